The second-order valence-corrected chi connectivity index (χ2v) is 9.42. The fourth-order valence-electron chi connectivity index (χ4n) is 3.88. The lowest BCUT2D eigenvalue weighted by atomic mass is 9.80. The molecule has 0 bridgehead atoms. The third kappa shape index (κ3) is 4.42. The van der Waals surface area contributed by atoms with Crippen molar-refractivity contribution in [1.82, 2.24) is 5.32 Å². The Hall–Kier alpha value is -0.130. The molecule has 0 aromatic heterocycles. The van der Waals surface area contributed by atoms with E-state index in [9.17, 15) is 8.42 Å². The van der Waals surface area contributed by atoms with E-state index in [1.165, 1.54) is 38.4 Å². The van der Waals surface area contributed by atoms with Gasteiger partial charge in [-0.2, -0.15) is 0 Å². The molecule has 0 radical (unpaired) electrons. The zero-order chi connectivity index (χ0) is 15.3. The van der Waals surface area contributed by atoms with Crippen LogP contribution in [-0.2, 0) is 14.6 Å². The lowest BCUT2D eigenvalue weighted by molar-refractivity contribution is 0.0740. The SMILES string of the molecule is CC[C@H]1CCC[C@@H](CNCC2(S(C)(=O)=O)CCOCC2)C1. The third-order valence-corrected chi connectivity index (χ3v) is 7.67. The summed E-state index contributed by atoms with van der Waals surface area (Å²) in [5.74, 6) is 1.60. The Morgan fingerprint density at radius 3 is 2.48 bits per heavy atom. The third-order valence-electron chi connectivity index (χ3n) is 5.54. The minimum Gasteiger partial charge on any atom is -0.381 e. The second kappa shape index (κ2) is 7.42. The minimum absolute atomic E-state index is 0.566. The highest BCUT2D eigenvalue weighted by molar-refractivity contribution is 7.92. The summed E-state index contributed by atoms with van der Waals surface area (Å²) >= 11 is 0. The van der Waals surface area contributed by atoms with Gasteiger partial charge in [-0.15, -0.1) is 0 Å². The molecule has 2 fully saturated rings. The van der Waals surface area contributed by atoms with Crippen molar-refractivity contribution in [3.05, 3.63) is 0 Å². The second-order valence-electron chi connectivity index (χ2n) is 7.01. The van der Waals surface area contributed by atoms with Gasteiger partial charge in [0.1, 0.15) is 0 Å². The van der Waals surface area contributed by atoms with Gasteiger partial charge >= 0.3 is 0 Å². The van der Waals surface area contributed by atoms with Crippen LogP contribution in [0.3, 0.4) is 0 Å². The van der Waals surface area contributed by atoms with E-state index >= 15 is 0 Å². The summed E-state index contributed by atoms with van der Waals surface area (Å²) in [4.78, 5) is 0. The molecule has 0 unspecified atom stereocenters. The molecule has 4 nitrogen and oxygen atoms in total. The molecule has 2 rings (SSSR count). The first kappa shape index (κ1) is 17.2. The Balaban J connectivity index is 1.85. The van der Waals surface area contributed by atoms with Gasteiger partial charge in [0, 0.05) is 26.0 Å². The predicted octanol–water partition coefficient (Wildman–Crippen LogP) is 2.39. The summed E-state index contributed by atoms with van der Waals surface area (Å²) < 4.78 is 29.1. The van der Waals surface area contributed by atoms with Crippen molar-refractivity contribution < 1.29 is 13.2 Å². The summed E-state index contributed by atoms with van der Waals surface area (Å²) in [5, 5.41) is 3.48. The van der Waals surface area contributed by atoms with Crippen LogP contribution in [-0.4, -0.2) is 45.7 Å². The average molecular weight is 317 g/mol. The normalized spacial score (nSPS) is 30.2. The van der Waals surface area contributed by atoms with Crippen LogP contribution >= 0.6 is 0 Å². The van der Waals surface area contributed by atoms with Crippen LogP contribution in [0.25, 0.3) is 0 Å². The van der Waals surface area contributed by atoms with Gasteiger partial charge in [0.05, 0.1) is 4.75 Å². The van der Waals surface area contributed by atoms with E-state index in [0.29, 0.717) is 32.6 Å². The molecule has 0 amide bonds. The van der Waals surface area contributed by atoms with E-state index in [1.807, 2.05) is 0 Å². The Morgan fingerprint density at radius 1 is 1.19 bits per heavy atom. The van der Waals surface area contributed by atoms with Gasteiger partial charge in [0.25, 0.3) is 0 Å². The summed E-state index contributed by atoms with van der Waals surface area (Å²) in [6, 6.07) is 0. The zero-order valence-corrected chi connectivity index (χ0v) is 14.4. The number of rotatable bonds is 6. The quantitative estimate of drug-likeness (QED) is 0.817. The average Bonchev–Trinajstić information content (AvgIpc) is 2.47. The van der Waals surface area contributed by atoms with Crippen molar-refractivity contribution in [3.8, 4) is 0 Å². The molecule has 2 atom stereocenters. The van der Waals surface area contributed by atoms with Gasteiger partial charge < -0.3 is 10.1 Å². The highest BCUT2D eigenvalue weighted by Crippen LogP contribution is 2.31. The molecule has 1 aliphatic heterocycles. The standard InChI is InChI=1S/C16H31NO3S/c1-3-14-5-4-6-15(11-14)12-17-13-16(21(2,18)19)7-9-20-10-8-16/h14-15,17H,3-13H2,1-2H3/t14-,15+/m0/s1. The van der Waals surface area contributed by atoms with E-state index in [2.05, 4.69) is 12.2 Å². The minimum atomic E-state index is -3.05. The van der Waals surface area contributed by atoms with Crippen molar-refractivity contribution in [3.63, 3.8) is 0 Å². The monoisotopic (exact) mass is 317 g/mol. The van der Waals surface area contributed by atoms with E-state index in [1.54, 1.807) is 0 Å². The molecular formula is C16H31NO3S. The van der Waals surface area contributed by atoms with Crippen molar-refractivity contribution in [2.45, 2.75) is 56.6 Å². The number of nitrogens with one attached hydrogen (secondary N) is 1. The van der Waals surface area contributed by atoms with Gasteiger partial charge in [0.15, 0.2) is 9.84 Å². The number of sulfone groups is 1. The maximum atomic E-state index is 12.2. The molecular weight excluding hydrogens is 286 g/mol. The van der Waals surface area contributed by atoms with Crippen LogP contribution in [0.1, 0.15) is 51.9 Å². The molecule has 2 aliphatic rings. The molecule has 0 aromatic rings. The molecule has 1 saturated carbocycles. The largest absolute Gasteiger partial charge is 0.381 e. The first-order chi connectivity index (χ1) is 9.97. The summed E-state index contributed by atoms with van der Waals surface area (Å²) in [5.41, 5.74) is 0. The molecule has 1 aliphatic carbocycles. The maximum Gasteiger partial charge on any atom is 0.154 e. The fourth-order valence-corrected chi connectivity index (χ4v) is 5.16. The van der Waals surface area contributed by atoms with Gasteiger partial charge in [0.2, 0.25) is 0 Å². The van der Waals surface area contributed by atoms with Gasteiger partial charge in [-0.25, -0.2) is 8.42 Å². The molecule has 21 heavy (non-hydrogen) atoms. The molecule has 1 saturated heterocycles. The first-order valence-corrected chi connectivity index (χ1v) is 10.3. The molecule has 124 valence electrons. The van der Waals surface area contributed by atoms with E-state index in [0.717, 1.165) is 18.4 Å². The molecule has 0 spiro atoms. The number of ether oxygens (including phenoxy) is 1. The lowest BCUT2D eigenvalue weighted by Gasteiger charge is -2.36. The maximum absolute atomic E-state index is 12.2. The van der Waals surface area contributed by atoms with Crippen LogP contribution < -0.4 is 5.32 Å². The fraction of sp³-hybridized carbons (Fsp3) is 1.00. The van der Waals surface area contributed by atoms with E-state index in [-0.39, 0.29) is 0 Å². The van der Waals surface area contributed by atoms with Crippen molar-refractivity contribution in [2.24, 2.45) is 11.8 Å². The van der Waals surface area contributed by atoms with E-state index in [4.69, 9.17) is 4.74 Å². The van der Waals surface area contributed by atoms with Crippen LogP contribution in [0.5, 0.6) is 0 Å². The predicted molar refractivity (Wildman–Crippen MR) is 86.2 cm³/mol. The van der Waals surface area contributed by atoms with Gasteiger partial charge in [-0.3, -0.25) is 0 Å². The number of hydrogen-bond donors (Lipinski definition) is 1. The zero-order valence-electron chi connectivity index (χ0n) is 13.6. The van der Waals surface area contributed by atoms with Gasteiger partial charge in [-0.1, -0.05) is 26.2 Å². The Labute approximate surface area is 129 Å². The summed E-state index contributed by atoms with van der Waals surface area (Å²) in [6.45, 7) is 4.96. The molecule has 5 heteroatoms. The molecule has 0 aromatic carbocycles. The van der Waals surface area contributed by atoms with Crippen LogP contribution in [0.15, 0.2) is 0 Å². The first-order valence-electron chi connectivity index (χ1n) is 8.45. The lowest BCUT2D eigenvalue weighted by Crippen LogP contribution is -2.51. The van der Waals surface area contributed by atoms with Crippen molar-refractivity contribution >= 4 is 9.84 Å². The van der Waals surface area contributed by atoms with E-state index < -0.39 is 14.6 Å². The Bertz CT molecular complexity index is 415. The van der Waals surface area contributed by atoms with Crippen LogP contribution in [0, 0.1) is 11.8 Å². The summed E-state index contributed by atoms with van der Waals surface area (Å²) in [7, 11) is -3.05. The Morgan fingerprint density at radius 2 is 1.86 bits per heavy atom. The van der Waals surface area contributed by atoms with Crippen LogP contribution in [0.4, 0.5) is 0 Å². The van der Waals surface area contributed by atoms with Gasteiger partial charge in [-0.05, 0) is 44.1 Å². The molecule has 1 N–H and O–H groups in total. The summed E-state index contributed by atoms with van der Waals surface area (Å²) in [6.07, 6.45) is 9.21. The topological polar surface area (TPSA) is 55.4 Å². The Kier molecular flexibility index (Phi) is 6.09. The van der Waals surface area contributed by atoms with Crippen LogP contribution in [0.2, 0.25) is 0 Å². The smallest absolute Gasteiger partial charge is 0.154 e. The van der Waals surface area contributed by atoms with Crippen molar-refractivity contribution in [2.75, 3.05) is 32.6 Å². The van der Waals surface area contributed by atoms with Crippen molar-refractivity contribution in [1.29, 1.82) is 0 Å². The highest BCUT2D eigenvalue weighted by atomic mass is 32.2. The highest BCUT2D eigenvalue weighted by Gasteiger charge is 2.42. The molecule has 1 heterocycles. The number of hydrogen-bond acceptors (Lipinski definition) is 4.